The van der Waals surface area contributed by atoms with Crippen molar-refractivity contribution in [2.75, 3.05) is 36.1 Å². The maximum absolute atomic E-state index is 14.5. The molecule has 2 heterocycles. The number of aryl methyl sites for hydroxylation is 2. The van der Waals surface area contributed by atoms with Crippen LogP contribution in [0.2, 0.25) is 0 Å². The smallest absolute Gasteiger partial charge is 0.248 e. The lowest BCUT2D eigenvalue weighted by atomic mass is 9.97. The number of anilines is 2. The average molecular weight is 516 g/mol. The first-order chi connectivity index (χ1) is 18.5. The third-order valence-corrected chi connectivity index (χ3v) is 7.44. The first kappa shape index (κ1) is 25.9. The van der Waals surface area contributed by atoms with Gasteiger partial charge in [0.1, 0.15) is 11.9 Å². The summed E-state index contributed by atoms with van der Waals surface area (Å²) in [4.78, 5) is 31.8. The molecule has 0 bridgehead atoms. The molecule has 1 N–H and O–H groups in total. The standard InChI is InChI=1S/C31H34FN3O3/c1-22-8-2-4-13-27(22)30(31(37)33-25-15-18-38-19-16-25)35(26-12-6-11-24(32)20-26)29(36)21-34-17-7-10-23-9-3-5-14-28(23)34/h2-6,8-9,11-14,20,25,30H,7,10,15-19,21H2,1H3,(H,33,37). The van der Waals surface area contributed by atoms with Gasteiger partial charge in [0.15, 0.2) is 0 Å². The summed E-state index contributed by atoms with van der Waals surface area (Å²) in [5.74, 6) is -0.998. The van der Waals surface area contributed by atoms with Crippen molar-refractivity contribution in [3.05, 3.63) is 95.3 Å². The molecule has 0 aliphatic carbocycles. The summed E-state index contributed by atoms with van der Waals surface area (Å²) >= 11 is 0. The monoisotopic (exact) mass is 515 g/mol. The normalized spacial score (nSPS) is 16.4. The van der Waals surface area contributed by atoms with E-state index in [0.29, 0.717) is 37.3 Å². The number of para-hydroxylation sites is 1. The molecule has 1 unspecified atom stereocenters. The van der Waals surface area contributed by atoms with Crippen molar-refractivity contribution in [1.29, 1.82) is 0 Å². The molecule has 2 amide bonds. The number of rotatable bonds is 7. The van der Waals surface area contributed by atoms with E-state index in [1.807, 2.05) is 49.4 Å². The number of nitrogens with zero attached hydrogens (tertiary/aromatic N) is 2. The van der Waals surface area contributed by atoms with E-state index in [2.05, 4.69) is 16.3 Å². The van der Waals surface area contributed by atoms with Gasteiger partial charge in [-0.05, 0) is 73.6 Å². The molecule has 2 aliphatic heterocycles. The van der Waals surface area contributed by atoms with Crippen molar-refractivity contribution in [1.82, 2.24) is 5.32 Å². The molecular formula is C31H34FN3O3. The number of carbonyl (C=O) groups excluding carboxylic acids is 2. The van der Waals surface area contributed by atoms with E-state index in [-0.39, 0.29) is 24.4 Å². The lowest BCUT2D eigenvalue weighted by Crippen LogP contribution is -2.51. The summed E-state index contributed by atoms with van der Waals surface area (Å²) in [6.45, 7) is 3.92. The van der Waals surface area contributed by atoms with Crippen LogP contribution in [0.5, 0.6) is 0 Å². The van der Waals surface area contributed by atoms with Crippen LogP contribution in [0, 0.1) is 12.7 Å². The Morgan fingerprint density at radius 1 is 1.05 bits per heavy atom. The summed E-state index contributed by atoms with van der Waals surface area (Å²) in [6, 6.07) is 20.6. The summed E-state index contributed by atoms with van der Waals surface area (Å²) < 4.78 is 20.0. The largest absolute Gasteiger partial charge is 0.381 e. The fourth-order valence-corrected chi connectivity index (χ4v) is 5.49. The number of hydrogen-bond acceptors (Lipinski definition) is 4. The van der Waals surface area contributed by atoms with Gasteiger partial charge in [0, 0.05) is 37.2 Å². The number of nitrogens with one attached hydrogen (secondary N) is 1. The second-order valence-corrected chi connectivity index (χ2v) is 10.1. The lowest BCUT2D eigenvalue weighted by Gasteiger charge is -2.37. The van der Waals surface area contributed by atoms with E-state index < -0.39 is 11.9 Å². The van der Waals surface area contributed by atoms with Crippen molar-refractivity contribution in [3.63, 3.8) is 0 Å². The Morgan fingerprint density at radius 3 is 2.61 bits per heavy atom. The second kappa shape index (κ2) is 11.8. The third kappa shape index (κ3) is 5.73. The first-order valence-corrected chi connectivity index (χ1v) is 13.4. The van der Waals surface area contributed by atoms with Crippen LogP contribution in [0.3, 0.4) is 0 Å². The molecule has 0 spiro atoms. The van der Waals surface area contributed by atoms with Gasteiger partial charge < -0.3 is 15.0 Å². The van der Waals surface area contributed by atoms with Crippen molar-refractivity contribution in [2.24, 2.45) is 0 Å². The van der Waals surface area contributed by atoms with Crippen LogP contribution in [0.4, 0.5) is 15.8 Å². The third-order valence-electron chi connectivity index (χ3n) is 7.44. The van der Waals surface area contributed by atoms with E-state index in [9.17, 15) is 14.0 Å². The Balaban J connectivity index is 1.54. The van der Waals surface area contributed by atoms with Crippen molar-refractivity contribution in [3.8, 4) is 0 Å². The Morgan fingerprint density at radius 2 is 1.82 bits per heavy atom. The molecule has 5 rings (SSSR count). The SMILES string of the molecule is Cc1ccccc1C(C(=O)NC1CCOCC1)N(C(=O)CN1CCCc2ccccc21)c1cccc(F)c1. The molecule has 1 atom stereocenters. The van der Waals surface area contributed by atoms with Gasteiger partial charge in [0.2, 0.25) is 11.8 Å². The van der Waals surface area contributed by atoms with Crippen LogP contribution in [0.15, 0.2) is 72.8 Å². The van der Waals surface area contributed by atoms with E-state index in [0.717, 1.165) is 30.6 Å². The minimum atomic E-state index is -0.951. The minimum absolute atomic E-state index is 0.0406. The first-order valence-electron chi connectivity index (χ1n) is 13.4. The number of fused-ring (bicyclic) bond motifs is 1. The summed E-state index contributed by atoms with van der Waals surface area (Å²) in [7, 11) is 0. The summed E-state index contributed by atoms with van der Waals surface area (Å²) in [6.07, 6.45) is 3.33. The van der Waals surface area contributed by atoms with Gasteiger partial charge in [-0.15, -0.1) is 0 Å². The molecule has 1 fully saturated rings. The minimum Gasteiger partial charge on any atom is -0.381 e. The second-order valence-electron chi connectivity index (χ2n) is 10.1. The number of amides is 2. The lowest BCUT2D eigenvalue weighted by molar-refractivity contribution is -0.127. The molecule has 2 aliphatic rings. The summed E-state index contributed by atoms with van der Waals surface area (Å²) in [5, 5.41) is 3.16. The molecule has 198 valence electrons. The predicted octanol–water partition coefficient (Wildman–Crippen LogP) is 4.96. The Bertz CT molecular complexity index is 1290. The van der Waals surface area contributed by atoms with Gasteiger partial charge in [-0.1, -0.05) is 48.5 Å². The van der Waals surface area contributed by atoms with Crippen molar-refractivity contribution in [2.45, 2.75) is 44.7 Å². The molecule has 7 heteroatoms. The molecule has 38 heavy (non-hydrogen) atoms. The molecular weight excluding hydrogens is 481 g/mol. The highest BCUT2D eigenvalue weighted by molar-refractivity contribution is 6.03. The predicted molar refractivity (Wildman–Crippen MR) is 147 cm³/mol. The molecule has 0 saturated carbocycles. The van der Waals surface area contributed by atoms with Crippen LogP contribution < -0.4 is 15.1 Å². The highest BCUT2D eigenvalue weighted by Gasteiger charge is 2.36. The zero-order valence-electron chi connectivity index (χ0n) is 21.7. The van der Waals surface area contributed by atoms with Gasteiger partial charge >= 0.3 is 0 Å². The van der Waals surface area contributed by atoms with Crippen molar-refractivity contribution >= 4 is 23.2 Å². The fraction of sp³-hybridized carbons (Fsp3) is 0.355. The maximum Gasteiger partial charge on any atom is 0.248 e. The van der Waals surface area contributed by atoms with Crippen LogP contribution in [-0.4, -0.2) is 44.2 Å². The number of carbonyl (C=O) groups is 2. The topological polar surface area (TPSA) is 61.9 Å². The highest BCUT2D eigenvalue weighted by atomic mass is 19.1. The van der Waals surface area contributed by atoms with Gasteiger partial charge in [-0.25, -0.2) is 4.39 Å². The van der Waals surface area contributed by atoms with E-state index >= 15 is 0 Å². The Kier molecular flexibility index (Phi) is 8.03. The van der Waals surface area contributed by atoms with E-state index in [1.165, 1.54) is 22.6 Å². The summed E-state index contributed by atoms with van der Waals surface area (Å²) in [5.41, 5.74) is 4.20. The van der Waals surface area contributed by atoms with E-state index in [4.69, 9.17) is 4.74 Å². The van der Waals surface area contributed by atoms with Crippen LogP contribution in [0.25, 0.3) is 0 Å². The molecule has 3 aromatic rings. The van der Waals surface area contributed by atoms with E-state index in [1.54, 1.807) is 12.1 Å². The number of hydrogen-bond donors (Lipinski definition) is 1. The molecule has 0 radical (unpaired) electrons. The maximum atomic E-state index is 14.5. The zero-order chi connectivity index (χ0) is 26.5. The molecule has 3 aromatic carbocycles. The van der Waals surface area contributed by atoms with Crippen LogP contribution in [-0.2, 0) is 20.7 Å². The zero-order valence-corrected chi connectivity index (χ0v) is 21.7. The number of ether oxygens (including phenoxy) is 1. The Labute approximate surface area is 223 Å². The average Bonchev–Trinajstić information content (AvgIpc) is 2.93. The quantitative estimate of drug-likeness (QED) is 0.483. The number of benzene rings is 3. The molecule has 1 saturated heterocycles. The molecule has 0 aromatic heterocycles. The Hall–Kier alpha value is -3.71. The van der Waals surface area contributed by atoms with Gasteiger partial charge in [0.25, 0.3) is 0 Å². The van der Waals surface area contributed by atoms with Crippen LogP contribution in [0.1, 0.15) is 42.0 Å². The van der Waals surface area contributed by atoms with Gasteiger partial charge in [-0.3, -0.25) is 14.5 Å². The van der Waals surface area contributed by atoms with Gasteiger partial charge in [0.05, 0.1) is 6.54 Å². The highest BCUT2D eigenvalue weighted by Crippen LogP contribution is 2.32. The van der Waals surface area contributed by atoms with Crippen LogP contribution >= 0.6 is 0 Å². The molecule has 6 nitrogen and oxygen atoms in total. The van der Waals surface area contributed by atoms with Crippen molar-refractivity contribution < 1.29 is 18.7 Å². The van der Waals surface area contributed by atoms with Gasteiger partial charge in [-0.2, -0.15) is 0 Å². The fourth-order valence-electron chi connectivity index (χ4n) is 5.49. The number of halogens is 1.